The van der Waals surface area contributed by atoms with Gasteiger partial charge in [0, 0.05) is 0 Å². The normalized spacial score (nSPS) is 28.6. The second-order valence-corrected chi connectivity index (χ2v) is 5.61. The third-order valence-electron chi connectivity index (χ3n) is 3.69. The summed E-state index contributed by atoms with van der Waals surface area (Å²) in [5.74, 6) is 0. The fourth-order valence-corrected chi connectivity index (χ4v) is 2.71. The first kappa shape index (κ1) is 24.6. The Kier molecular flexibility index (Phi) is 14.1. The van der Waals surface area contributed by atoms with Crippen LogP contribution in [0.1, 0.15) is 0 Å². The SMILES string of the molecule is OCCOC[C@H]1O[C@H](OCCO)[C@H](OCCO)[C@@H](OCCO)[C@H]1OCCO. The first-order valence-electron chi connectivity index (χ1n) is 8.97. The molecule has 0 spiro atoms. The van der Waals surface area contributed by atoms with E-state index in [0.717, 1.165) is 0 Å². The van der Waals surface area contributed by atoms with Crippen molar-refractivity contribution in [1.29, 1.82) is 0 Å². The van der Waals surface area contributed by atoms with Crippen molar-refractivity contribution in [1.82, 2.24) is 0 Å². The third kappa shape index (κ3) is 8.62. The average molecular weight is 400 g/mol. The first-order valence-corrected chi connectivity index (χ1v) is 8.97. The van der Waals surface area contributed by atoms with Crippen LogP contribution in [0.15, 0.2) is 0 Å². The molecule has 5 N–H and O–H groups in total. The van der Waals surface area contributed by atoms with E-state index in [0.29, 0.717) is 0 Å². The van der Waals surface area contributed by atoms with Crippen molar-refractivity contribution in [2.75, 3.05) is 72.7 Å². The van der Waals surface area contributed by atoms with Gasteiger partial charge in [0.25, 0.3) is 0 Å². The van der Waals surface area contributed by atoms with Crippen LogP contribution in [0.3, 0.4) is 0 Å². The van der Waals surface area contributed by atoms with E-state index in [1.807, 2.05) is 0 Å². The maximum atomic E-state index is 9.13. The van der Waals surface area contributed by atoms with Crippen molar-refractivity contribution in [3.8, 4) is 0 Å². The highest BCUT2D eigenvalue weighted by molar-refractivity contribution is 4.93. The van der Waals surface area contributed by atoms with Gasteiger partial charge in [-0.2, -0.15) is 0 Å². The number of hydrogen-bond donors (Lipinski definition) is 5. The largest absolute Gasteiger partial charge is 0.394 e. The van der Waals surface area contributed by atoms with Crippen LogP contribution in [0, 0.1) is 0 Å². The quantitative estimate of drug-likeness (QED) is 0.167. The molecule has 0 amide bonds. The molecule has 162 valence electrons. The van der Waals surface area contributed by atoms with Crippen molar-refractivity contribution in [2.45, 2.75) is 30.7 Å². The predicted molar refractivity (Wildman–Crippen MR) is 90.1 cm³/mol. The number of aliphatic hydroxyl groups is 5. The van der Waals surface area contributed by atoms with E-state index in [1.54, 1.807) is 0 Å². The second-order valence-electron chi connectivity index (χ2n) is 5.61. The van der Waals surface area contributed by atoms with Gasteiger partial charge >= 0.3 is 0 Å². The zero-order valence-corrected chi connectivity index (χ0v) is 15.4. The molecule has 1 heterocycles. The highest BCUT2D eigenvalue weighted by Gasteiger charge is 2.48. The lowest BCUT2D eigenvalue weighted by Gasteiger charge is -2.45. The Balaban J connectivity index is 2.99. The zero-order valence-electron chi connectivity index (χ0n) is 15.4. The van der Waals surface area contributed by atoms with Crippen LogP contribution in [0.5, 0.6) is 0 Å². The van der Waals surface area contributed by atoms with Crippen LogP contribution in [0.2, 0.25) is 0 Å². The molecule has 11 heteroatoms. The molecule has 11 nitrogen and oxygen atoms in total. The predicted octanol–water partition coefficient (Wildman–Crippen LogP) is -3.14. The molecule has 0 bridgehead atoms. The van der Waals surface area contributed by atoms with Gasteiger partial charge in [0.05, 0.1) is 72.7 Å². The van der Waals surface area contributed by atoms with E-state index < -0.39 is 30.7 Å². The van der Waals surface area contributed by atoms with Gasteiger partial charge < -0.3 is 54.0 Å². The lowest BCUT2D eigenvalue weighted by Crippen LogP contribution is -2.62. The van der Waals surface area contributed by atoms with Crippen molar-refractivity contribution in [3.63, 3.8) is 0 Å². The van der Waals surface area contributed by atoms with Crippen molar-refractivity contribution in [2.24, 2.45) is 0 Å². The summed E-state index contributed by atoms with van der Waals surface area (Å²) < 4.78 is 33.7. The first-order chi connectivity index (χ1) is 13.2. The van der Waals surface area contributed by atoms with Crippen LogP contribution in [0.25, 0.3) is 0 Å². The van der Waals surface area contributed by atoms with Crippen molar-refractivity contribution >= 4 is 0 Å². The summed E-state index contributed by atoms with van der Waals surface area (Å²) in [6.07, 6.45) is -3.91. The summed E-state index contributed by atoms with van der Waals surface area (Å²) in [7, 11) is 0. The van der Waals surface area contributed by atoms with Crippen molar-refractivity contribution < 1.29 is 54.0 Å². The number of ether oxygens (including phenoxy) is 6. The summed E-state index contributed by atoms with van der Waals surface area (Å²) in [6, 6.07) is 0. The summed E-state index contributed by atoms with van der Waals surface area (Å²) >= 11 is 0. The highest BCUT2D eigenvalue weighted by atomic mass is 16.7. The van der Waals surface area contributed by atoms with E-state index in [1.165, 1.54) is 0 Å². The van der Waals surface area contributed by atoms with E-state index in [9.17, 15) is 0 Å². The monoisotopic (exact) mass is 400 g/mol. The van der Waals surface area contributed by atoms with Crippen LogP contribution in [0.4, 0.5) is 0 Å². The summed E-state index contributed by atoms with van der Waals surface area (Å²) in [6.45, 7) is -0.934. The molecule has 0 unspecified atom stereocenters. The Morgan fingerprint density at radius 1 is 0.556 bits per heavy atom. The molecule has 5 atom stereocenters. The molecule has 1 rings (SSSR count). The number of rotatable bonds is 16. The second kappa shape index (κ2) is 15.5. The van der Waals surface area contributed by atoms with Crippen LogP contribution in [-0.4, -0.2) is 129 Å². The molecule has 0 aliphatic carbocycles. The van der Waals surface area contributed by atoms with Crippen LogP contribution >= 0.6 is 0 Å². The maximum Gasteiger partial charge on any atom is 0.187 e. The minimum atomic E-state index is -0.941. The van der Waals surface area contributed by atoms with Gasteiger partial charge in [0.1, 0.15) is 24.4 Å². The van der Waals surface area contributed by atoms with E-state index in [2.05, 4.69) is 0 Å². The Labute approximate surface area is 158 Å². The smallest absolute Gasteiger partial charge is 0.187 e. The Morgan fingerprint density at radius 2 is 1.04 bits per heavy atom. The fourth-order valence-electron chi connectivity index (χ4n) is 2.71. The topological polar surface area (TPSA) is 157 Å². The van der Waals surface area contributed by atoms with Gasteiger partial charge in [-0.05, 0) is 0 Å². The lowest BCUT2D eigenvalue weighted by molar-refractivity contribution is -0.325. The summed E-state index contributed by atoms with van der Waals surface area (Å²) in [5, 5.41) is 45.3. The minimum Gasteiger partial charge on any atom is -0.394 e. The molecule has 1 aliphatic heterocycles. The Morgan fingerprint density at radius 3 is 1.59 bits per heavy atom. The zero-order chi connectivity index (χ0) is 19.9. The number of aliphatic hydroxyl groups excluding tert-OH is 5. The van der Waals surface area contributed by atoms with Gasteiger partial charge in [0.15, 0.2) is 6.29 Å². The minimum absolute atomic E-state index is 0.000423. The fraction of sp³-hybridized carbons (Fsp3) is 1.00. The van der Waals surface area contributed by atoms with E-state index in [-0.39, 0.29) is 72.7 Å². The molecule has 27 heavy (non-hydrogen) atoms. The number of hydrogen-bond acceptors (Lipinski definition) is 11. The molecule has 0 saturated carbocycles. The van der Waals surface area contributed by atoms with Gasteiger partial charge in [0.2, 0.25) is 0 Å². The molecule has 1 fully saturated rings. The van der Waals surface area contributed by atoms with Gasteiger partial charge in [-0.1, -0.05) is 0 Å². The standard InChI is InChI=1S/C16H32O11/c17-1-6-22-11-12-13(23-7-2-18)14(24-8-3-19)15(25-9-4-20)16(27-12)26-10-5-21/h12-21H,1-11H2/t12-,13+,14+,15-,16+/m1/s1. The average Bonchev–Trinajstić information content (AvgIpc) is 2.68. The van der Waals surface area contributed by atoms with Gasteiger partial charge in [-0.25, -0.2) is 0 Å². The maximum absolute atomic E-state index is 9.13. The highest BCUT2D eigenvalue weighted by Crippen LogP contribution is 2.29. The lowest BCUT2D eigenvalue weighted by atomic mass is 9.98. The third-order valence-corrected chi connectivity index (χ3v) is 3.69. The molecule has 0 aromatic carbocycles. The molecule has 1 saturated heterocycles. The van der Waals surface area contributed by atoms with Gasteiger partial charge in [-0.15, -0.1) is 0 Å². The molecular formula is C16H32O11. The molecule has 0 aromatic heterocycles. The summed E-state index contributed by atoms with van der Waals surface area (Å²) in [4.78, 5) is 0. The molecule has 0 aromatic rings. The summed E-state index contributed by atoms with van der Waals surface area (Å²) in [5.41, 5.74) is 0. The van der Waals surface area contributed by atoms with Crippen LogP contribution < -0.4 is 0 Å². The van der Waals surface area contributed by atoms with E-state index in [4.69, 9.17) is 54.0 Å². The molecular weight excluding hydrogens is 368 g/mol. The molecule has 0 radical (unpaired) electrons. The van der Waals surface area contributed by atoms with Crippen LogP contribution in [-0.2, 0) is 28.4 Å². The van der Waals surface area contributed by atoms with Crippen molar-refractivity contribution in [3.05, 3.63) is 0 Å². The Hall–Kier alpha value is -0.440. The Bertz CT molecular complexity index is 346. The molecule has 1 aliphatic rings. The van der Waals surface area contributed by atoms with E-state index >= 15 is 0 Å². The van der Waals surface area contributed by atoms with Gasteiger partial charge in [-0.3, -0.25) is 0 Å².